The molecule has 0 bridgehead atoms. The maximum absolute atomic E-state index is 12.6. The second-order valence-electron chi connectivity index (χ2n) is 5.52. The van der Waals surface area contributed by atoms with Gasteiger partial charge in [0.05, 0.1) is 12.1 Å². The lowest BCUT2D eigenvalue weighted by Gasteiger charge is -2.15. The Morgan fingerprint density at radius 2 is 1.58 bits per heavy atom. The smallest absolute Gasteiger partial charge is 0.335 e. The molecule has 0 aliphatic carbocycles. The lowest BCUT2D eigenvalue weighted by Crippen LogP contribution is -2.31. The minimum absolute atomic E-state index is 0.0475. The molecule has 1 aliphatic rings. The first-order chi connectivity index (χ1) is 12.4. The van der Waals surface area contributed by atoms with E-state index in [4.69, 9.17) is 28.3 Å². The van der Waals surface area contributed by atoms with E-state index in [1.54, 1.807) is 24.3 Å². The Kier molecular flexibility index (Phi) is 4.97. The molecule has 2 aromatic carbocycles. The van der Waals surface area contributed by atoms with Crippen molar-refractivity contribution in [3.63, 3.8) is 0 Å². The summed E-state index contributed by atoms with van der Waals surface area (Å²) in [5.41, 5.74) is 1.23. The number of hydrogen-bond donors (Lipinski definition) is 2. The summed E-state index contributed by atoms with van der Waals surface area (Å²) in [6, 6.07) is 12.5. The van der Waals surface area contributed by atoms with E-state index in [1.165, 1.54) is 24.3 Å². The van der Waals surface area contributed by atoms with Crippen LogP contribution in [-0.4, -0.2) is 27.8 Å². The molecule has 132 valence electrons. The highest BCUT2D eigenvalue weighted by Crippen LogP contribution is 2.27. The summed E-state index contributed by atoms with van der Waals surface area (Å²) in [5, 5.41) is 12.0. The van der Waals surface area contributed by atoms with Gasteiger partial charge in [-0.15, -0.1) is 0 Å². The number of amides is 2. The van der Waals surface area contributed by atoms with Crippen molar-refractivity contribution in [2.24, 2.45) is 0 Å². The molecule has 0 saturated carbocycles. The maximum Gasteiger partial charge on any atom is 0.335 e. The van der Waals surface area contributed by atoms with Crippen LogP contribution < -0.4 is 5.32 Å². The van der Waals surface area contributed by atoms with Crippen LogP contribution >= 0.6 is 23.2 Å². The van der Waals surface area contributed by atoms with Crippen LogP contribution in [0.25, 0.3) is 0 Å². The normalized spacial score (nSPS) is 14.2. The lowest BCUT2D eigenvalue weighted by atomic mass is 10.2. The van der Waals surface area contributed by atoms with Gasteiger partial charge in [0.1, 0.15) is 10.7 Å². The number of carboxylic acid groups (broad SMARTS) is 1. The monoisotopic (exact) mass is 390 g/mol. The first-order valence-corrected chi connectivity index (χ1v) is 8.23. The van der Waals surface area contributed by atoms with E-state index in [2.05, 4.69) is 5.32 Å². The zero-order valence-electron chi connectivity index (χ0n) is 13.2. The number of rotatable bonds is 5. The minimum atomic E-state index is -1.06. The van der Waals surface area contributed by atoms with Gasteiger partial charge in [0.2, 0.25) is 0 Å². The molecule has 2 N–H and O–H groups in total. The Hall–Kier alpha value is -2.83. The minimum Gasteiger partial charge on any atom is -0.478 e. The van der Waals surface area contributed by atoms with Crippen LogP contribution in [0.3, 0.4) is 0 Å². The standard InChI is InChI=1S/C18H12Cl2N2O4/c19-12-5-1-10(2-6-12)9-22-16(23)14(20)15(17(22)24)21-13-7-3-11(4-8-13)18(25)26/h1-8,21H,9H2,(H,25,26). The number of nitrogens with one attached hydrogen (secondary N) is 1. The molecular weight excluding hydrogens is 379 g/mol. The number of halogens is 2. The molecule has 26 heavy (non-hydrogen) atoms. The molecule has 0 atom stereocenters. The average molecular weight is 391 g/mol. The Morgan fingerprint density at radius 1 is 0.962 bits per heavy atom. The lowest BCUT2D eigenvalue weighted by molar-refractivity contribution is -0.138. The SMILES string of the molecule is O=C(O)c1ccc(NC2=C(Cl)C(=O)N(Cc3ccc(Cl)cc3)C2=O)cc1. The van der Waals surface area contributed by atoms with Crippen molar-refractivity contribution in [3.05, 3.63) is 75.4 Å². The van der Waals surface area contributed by atoms with E-state index in [-0.39, 0.29) is 22.8 Å². The van der Waals surface area contributed by atoms with E-state index < -0.39 is 17.8 Å². The summed E-state index contributed by atoms with van der Waals surface area (Å²) in [5.74, 6) is -2.22. The fraction of sp³-hybridized carbons (Fsp3) is 0.0556. The molecule has 0 radical (unpaired) electrons. The molecule has 1 aliphatic heterocycles. The van der Waals surface area contributed by atoms with Gasteiger partial charge in [0.15, 0.2) is 0 Å². The van der Waals surface area contributed by atoms with E-state index in [9.17, 15) is 14.4 Å². The van der Waals surface area contributed by atoms with Gasteiger partial charge in [-0.05, 0) is 42.0 Å². The van der Waals surface area contributed by atoms with Gasteiger partial charge in [-0.25, -0.2) is 4.79 Å². The van der Waals surface area contributed by atoms with Crippen molar-refractivity contribution in [3.8, 4) is 0 Å². The van der Waals surface area contributed by atoms with Crippen LogP contribution in [-0.2, 0) is 16.1 Å². The number of carboxylic acids is 1. The summed E-state index contributed by atoms with van der Waals surface area (Å²) < 4.78 is 0. The average Bonchev–Trinajstić information content (AvgIpc) is 2.82. The number of carbonyl (C=O) groups is 3. The Balaban J connectivity index is 1.77. The van der Waals surface area contributed by atoms with Crippen molar-refractivity contribution >= 4 is 46.7 Å². The van der Waals surface area contributed by atoms with Crippen molar-refractivity contribution in [1.29, 1.82) is 0 Å². The van der Waals surface area contributed by atoms with E-state index in [1.807, 2.05) is 0 Å². The van der Waals surface area contributed by atoms with Crippen LogP contribution in [0.1, 0.15) is 15.9 Å². The van der Waals surface area contributed by atoms with E-state index in [0.717, 1.165) is 10.5 Å². The molecule has 0 spiro atoms. The largest absolute Gasteiger partial charge is 0.478 e. The third-order valence-corrected chi connectivity index (χ3v) is 4.37. The van der Waals surface area contributed by atoms with Crippen molar-refractivity contribution in [2.75, 3.05) is 5.32 Å². The van der Waals surface area contributed by atoms with Gasteiger partial charge in [0, 0.05) is 10.7 Å². The number of imide groups is 1. The third-order valence-electron chi connectivity index (χ3n) is 3.77. The van der Waals surface area contributed by atoms with Crippen molar-refractivity contribution in [2.45, 2.75) is 6.54 Å². The highest BCUT2D eigenvalue weighted by molar-refractivity contribution is 6.48. The van der Waals surface area contributed by atoms with Crippen LogP contribution in [0, 0.1) is 0 Å². The van der Waals surface area contributed by atoms with Crippen LogP contribution in [0.4, 0.5) is 5.69 Å². The third kappa shape index (κ3) is 3.56. The molecule has 1 heterocycles. The molecule has 2 amide bonds. The van der Waals surface area contributed by atoms with E-state index in [0.29, 0.717) is 10.7 Å². The Labute approximate surface area is 158 Å². The van der Waals surface area contributed by atoms with Crippen LogP contribution in [0.15, 0.2) is 59.3 Å². The number of benzene rings is 2. The fourth-order valence-electron chi connectivity index (χ4n) is 2.41. The highest BCUT2D eigenvalue weighted by atomic mass is 35.5. The van der Waals surface area contributed by atoms with Gasteiger partial charge in [-0.1, -0.05) is 35.3 Å². The fourth-order valence-corrected chi connectivity index (χ4v) is 2.77. The second-order valence-corrected chi connectivity index (χ2v) is 6.33. The number of hydrogen-bond acceptors (Lipinski definition) is 4. The summed E-state index contributed by atoms with van der Waals surface area (Å²) in [6.07, 6.45) is 0. The van der Waals surface area contributed by atoms with Gasteiger partial charge in [0.25, 0.3) is 11.8 Å². The summed E-state index contributed by atoms with van der Waals surface area (Å²) >= 11 is 11.9. The molecule has 0 unspecified atom stereocenters. The van der Waals surface area contributed by atoms with Crippen molar-refractivity contribution < 1.29 is 19.5 Å². The molecule has 0 aromatic heterocycles. The van der Waals surface area contributed by atoms with Crippen LogP contribution in [0.2, 0.25) is 5.02 Å². The van der Waals surface area contributed by atoms with Crippen molar-refractivity contribution in [1.82, 2.24) is 4.90 Å². The quantitative estimate of drug-likeness (QED) is 0.763. The Bertz CT molecular complexity index is 921. The number of anilines is 1. The van der Waals surface area contributed by atoms with Crippen LogP contribution in [0.5, 0.6) is 0 Å². The Morgan fingerprint density at radius 3 is 2.15 bits per heavy atom. The highest BCUT2D eigenvalue weighted by Gasteiger charge is 2.37. The molecule has 8 heteroatoms. The summed E-state index contributed by atoms with van der Waals surface area (Å²) in [6.45, 7) is 0.0637. The molecule has 3 rings (SSSR count). The summed E-state index contributed by atoms with van der Waals surface area (Å²) in [7, 11) is 0. The zero-order chi connectivity index (χ0) is 18.8. The predicted molar refractivity (Wildman–Crippen MR) is 96.9 cm³/mol. The predicted octanol–water partition coefficient (Wildman–Crippen LogP) is 3.47. The molecule has 0 fully saturated rings. The van der Waals surface area contributed by atoms with Gasteiger partial charge in [-0.2, -0.15) is 0 Å². The van der Waals surface area contributed by atoms with Gasteiger partial charge >= 0.3 is 5.97 Å². The topological polar surface area (TPSA) is 86.7 Å². The molecule has 6 nitrogen and oxygen atoms in total. The number of aromatic carboxylic acids is 1. The van der Waals surface area contributed by atoms with Gasteiger partial charge < -0.3 is 10.4 Å². The first-order valence-electron chi connectivity index (χ1n) is 7.47. The maximum atomic E-state index is 12.6. The molecule has 2 aromatic rings. The molecular formula is C18H12Cl2N2O4. The zero-order valence-corrected chi connectivity index (χ0v) is 14.7. The van der Waals surface area contributed by atoms with Gasteiger partial charge in [-0.3, -0.25) is 14.5 Å². The first kappa shape index (κ1) is 18.0. The second kappa shape index (κ2) is 7.19. The number of carbonyl (C=O) groups excluding carboxylic acids is 2. The number of nitrogens with zero attached hydrogens (tertiary/aromatic N) is 1. The molecule has 0 saturated heterocycles. The van der Waals surface area contributed by atoms with E-state index >= 15 is 0 Å². The summed E-state index contributed by atoms with van der Waals surface area (Å²) in [4.78, 5) is 36.8.